The normalized spacial score (nSPS) is 10.6. The van der Waals surface area contributed by atoms with E-state index in [-0.39, 0.29) is 28.5 Å². The number of non-ortho nitro benzene ring substituents is 1. The summed E-state index contributed by atoms with van der Waals surface area (Å²) in [6, 6.07) is 11.7. The van der Waals surface area contributed by atoms with Crippen molar-refractivity contribution in [3.63, 3.8) is 0 Å². The van der Waals surface area contributed by atoms with Crippen LogP contribution in [0.5, 0.6) is 0 Å². The molecule has 1 N–H and O–H groups in total. The molecule has 0 radical (unpaired) electrons. The Kier molecular flexibility index (Phi) is 5.51. The lowest BCUT2D eigenvalue weighted by Crippen LogP contribution is -2.14. The number of thioether (sulfide) groups is 1. The number of rotatable bonds is 6. The van der Waals surface area contributed by atoms with Crippen LogP contribution in [0.15, 0.2) is 52.1 Å². The fourth-order valence-electron chi connectivity index (χ4n) is 2.51. The van der Waals surface area contributed by atoms with Gasteiger partial charge >= 0.3 is 0 Å². The molecule has 0 aliphatic carbocycles. The number of hydrogen-bond acceptors (Lipinski definition) is 7. The third-order valence-electron chi connectivity index (χ3n) is 3.54. The maximum absolute atomic E-state index is 12.1. The maximum atomic E-state index is 12.1. The third-order valence-corrected chi connectivity index (χ3v) is 4.36. The quantitative estimate of drug-likeness (QED) is 0.388. The predicted octanol–water partition coefficient (Wildman–Crippen LogP) is 3.99. The molecule has 0 bridgehead atoms. The van der Waals surface area contributed by atoms with Gasteiger partial charge in [-0.3, -0.25) is 14.9 Å². The Morgan fingerprint density at radius 1 is 1.19 bits per heavy atom. The van der Waals surface area contributed by atoms with Gasteiger partial charge in [-0.2, -0.15) is 0 Å². The summed E-state index contributed by atoms with van der Waals surface area (Å²) < 4.78 is 5.48. The van der Waals surface area contributed by atoms with Crippen LogP contribution in [0, 0.1) is 24.0 Å². The molecule has 0 unspecified atom stereocenters. The average Bonchev–Trinajstić information content (AvgIpc) is 3.08. The largest absolute Gasteiger partial charge is 0.411 e. The molecule has 2 aromatic carbocycles. The van der Waals surface area contributed by atoms with Crippen molar-refractivity contribution in [2.45, 2.75) is 19.1 Å². The molecule has 0 spiro atoms. The summed E-state index contributed by atoms with van der Waals surface area (Å²) in [5.41, 5.74) is 3.25. The van der Waals surface area contributed by atoms with Crippen LogP contribution in [0.25, 0.3) is 11.5 Å². The molecule has 0 atom stereocenters. The highest BCUT2D eigenvalue weighted by molar-refractivity contribution is 7.99. The molecule has 9 heteroatoms. The molecule has 3 aromatic rings. The second-order valence-corrected chi connectivity index (χ2v) is 6.82. The average molecular weight is 384 g/mol. The lowest BCUT2D eigenvalue weighted by Gasteiger charge is -2.06. The number of nitrogens with zero attached hydrogens (tertiary/aromatic N) is 3. The first-order valence-corrected chi connectivity index (χ1v) is 8.98. The number of aryl methyl sites for hydroxylation is 2. The highest BCUT2D eigenvalue weighted by atomic mass is 32.2. The molecule has 3 rings (SSSR count). The second-order valence-electron chi connectivity index (χ2n) is 5.89. The number of anilines is 1. The minimum Gasteiger partial charge on any atom is -0.411 e. The van der Waals surface area contributed by atoms with Gasteiger partial charge in [0.05, 0.1) is 10.7 Å². The molecule has 8 nitrogen and oxygen atoms in total. The van der Waals surface area contributed by atoms with Crippen LogP contribution in [-0.4, -0.2) is 26.8 Å². The number of amides is 1. The lowest BCUT2D eigenvalue weighted by molar-refractivity contribution is -0.384. The van der Waals surface area contributed by atoms with Crippen LogP contribution in [0.3, 0.4) is 0 Å². The summed E-state index contributed by atoms with van der Waals surface area (Å²) in [6.07, 6.45) is 0. The van der Waals surface area contributed by atoms with E-state index in [9.17, 15) is 14.9 Å². The van der Waals surface area contributed by atoms with Crippen molar-refractivity contribution in [2.75, 3.05) is 11.1 Å². The Bertz CT molecular complexity index is 982. The predicted molar refractivity (Wildman–Crippen MR) is 102 cm³/mol. The SMILES string of the molecule is Cc1cc(C)cc(NC(=O)CSc2nnc(-c3cccc([N+](=O)[O-])c3)o2)c1. The van der Waals surface area contributed by atoms with Gasteiger partial charge in [-0.25, -0.2) is 0 Å². The Balaban J connectivity index is 1.61. The first-order chi connectivity index (χ1) is 12.9. The summed E-state index contributed by atoms with van der Waals surface area (Å²) in [5.74, 6) is 0.0693. The van der Waals surface area contributed by atoms with Gasteiger partial charge in [-0.05, 0) is 43.2 Å². The number of benzene rings is 2. The van der Waals surface area contributed by atoms with Gasteiger partial charge in [0.1, 0.15) is 0 Å². The summed E-state index contributed by atoms with van der Waals surface area (Å²) in [5, 5.41) is 21.6. The Morgan fingerprint density at radius 3 is 2.63 bits per heavy atom. The first-order valence-electron chi connectivity index (χ1n) is 8.00. The van der Waals surface area contributed by atoms with E-state index < -0.39 is 4.92 Å². The minimum atomic E-state index is -0.493. The Hall–Kier alpha value is -3.20. The van der Waals surface area contributed by atoms with Gasteiger partial charge < -0.3 is 9.73 Å². The zero-order valence-corrected chi connectivity index (χ0v) is 15.4. The number of carbonyl (C=O) groups excluding carboxylic acids is 1. The van der Waals surface area contributed by atoms with E-state index in [1.807, 2.05) is 32.0 Å². The Morgan fingerprint density at radius 2 is 1.93 bits per heavy atom. The van der Waals surface area contributed by atoms with Crippen LogP contribution in [0.4, 0.5) is 11.4 Å². The number of hydrogen-bond donors (Lipinski definition) is 1. The zero-order valence-electron chi connectivity index (χ0n) is 14.6. The van der Waals surface area contributed by atoms with Gasteiger partial charge in [0.2, 0.25) is 11.8 Å². The number of nitro groups is 1. The van der Waals surface area contributed by atoms with E-state index in [0.29, 0.717) is 5.56 Å². The Labute approximate surface area is 159 Å². The summed E-state index contributed by atoms with van der Waals surface area (Å²) >= 11 is 1.10. The number of aromatic nitrogens is 2. The van der Waals surface area contributed by atoms with Crippen molar-refractivity contribution in [3.05, 3.63) is 63.7 Å². The van der Waals surface area contributed by atoms with E-state index in [1.165, 1.54) is 12.1 Å². The van der Waals surface area contributed by atoms with E-state index in [0.717, 1.165) is 28.6 Å². The van der Waals surface area contributed by atoms with Crippen LogP contribution in [0.1, 0.15) is 11.1 Å². The fraction of sp³-hybridized carbons (Fsp3) is 0.167. The highest BCUT2D eigenvalue weighted by Gasteiger charge is 2.14. The number of nitro benzene ring substituents is 1. The number of nitrogens with one attached hydrogen (secondary N) is 1. The minimum absolute atomic E-state index is 0.0623. The van der Waals surface area contributed by atoms with E-state index >= 15 is 0 Å². The van der Waals surface area contributed by atoms with Gasteiger partial charge in [-0.1, -0.05) is 23.9 Å². The molecule has 1 aromatic heterocycles. The molecule has 0 saturated carbocycles. The van der Waals surface area contributed by atoms with Crippen molar-refractivity contribution < 1.29 is 14.1 Å². The molecule has 0 aliphatic heterocycles. The summed E-state index contributed by atoms with van der Waals surface area (Å²) in [4.78, 5) is 22.5. The van der Waals surface area contributed by atoms with Gasteiger partial charge in [0, 0.05) is 23.4 Å². The molecule has 1 amide bonds. The topological polar surface area (TPSA) is 111 Å². The highest BCUT2D eigenvalue weighted by Crippen LogP contribution is 2.26. The van der Waals surface area contributed by atoms with Gasteiger partial charge in [-0.15, -0.1) is 10.2 Å². The zero-order chi connectivity index (χ0) is 19.4. The fourth-order valence-corrected chi connectivity index (χ4v) is 3.07. The first kappa shape index (κ1) is 18.6. The molecule has 1 heterocycles. The van der Waals surface area contributed by atoms with Crippen molar-refractivity contribution >= 4 is 29.0 Å². The van der Waals surface area contributed by atoms with Crippen molar-refractivity contribution in [1.29, 1.82) is 0 Å². The summed E-state index contributed by atoms with van der Waals surface area (Å²) in [6.45, 7) is 3.93. The molecular formula is C18H16N4O4S. The van der Waals surface area contributed by atoms with Crippen molar-refractivity contribution in [2.24, 2.45) is 0 Å². The van der Waals surface area contributed by atoms with Gasteiger partial charge in [0.25, 0.3) is 10.9 Å². The van der Waals surface area contributed by atoms with Crippen LogP contribution in [0.2, 0.25) is 0 Å². The molecular weight excluding hydrogens is 368 g/mol. The third kappa shape index (κ3) is 4.91. The van der Waals surface area contributed by atoms with Crippen molar-refractivity contribution in [1.82, 2.24) is 10.2 Å². The van der Waals surface area contributed by atoms with E-state index in [2.05, 4.69) is 15.5 Å². The molecule has 0 aliphatic rings. The molecule has 0 saturated heterocycles. The smallest absolute Gasteiger partial charge is 0.277 e. The lowest BCUT2D eigenvalue weighted by atomic mass is 10.1. The summed E-state index contributed by atoms with van der Waals surface area (Å²) in [7, 11) is 0. The molecule has 0 fully saturated rings. The van der Waals surface area contributed by atoms with Gasteiger partial charge in [0.15, 0.2) is 0 Å². The monoisotopic (exact) mass is 384 g/mol. The maximum Gasteiger partial charge on any atom is 0.277 e. The van der Waals surface area contributed by atoms with E-state index in [4.69, 9.17) is 4.42 Å². The van der Waals surface area contributed by atoms with E-state index in [1.54, 1.807) is 12.1 Å². The molecule has 27 heavy (non-hydrogen) atoms. The molecule has 138 valence electrons. The van der Waals surface area contributed by atoms with Crippen LogP contribution >= 0.6 is 11.8 Å². The second kappa shape index (κ2) is 8.00. The van der Waals surface area contributed by atoms with Crippen LogP contribution in [-0.2, 0) is 4.79 Å². The van der Waals surface area contributed by atoms with Crippen molar-refractivity contribution in [3.8, 4) is 11.5 Å². The number of carbonyl (C=O) groups is 1. The standard InChI is InChI=1S/C18H16N4O4S/c1-11-6-12(2)8-14(7-11)19-16(23)10-27-18-21-20-17(26-18)13-4-3-5-15(9-13)22(24)25/h3-9H,10H2,1-2H3,(H,19,23). The van der Waals surface area contributed by atoms with Crippen LogP contribution < -0.4 is 5.32 Å².